The molecule has 1 aliphatic carbocycles. The van der Waals surface area contributed by atoms with Gasteiger partial charge in [0.05, 0.1) is 7.11 Å². The smallest absolute Gasteiger partial charge is 0.333 e. The molecule has 0 N–H and O–H groups in total. The number of esters is 1. The lowest BCUT2D eigenvalue weighted by atomic mass is 9.71. The molecule has 0 aromatic rings. The van der Waals surface area contributed by atoms with Crippen LogP contribution in [0.3, 0.4) is 0 Å². The minimum absolute atomic E-state index is 0.0901. The number of carbonyl (C=O) groups is 1. The summed E-state index contributed by atoms with van der Waals surface area (Å²) in [4.78, 5) is 11.9. The van der Waals surface area contributed by atoms with Gasteiger partial charge in [-0.15, -0.1) is 0 Å². The SMILES string of the molecule is COC(=O)C1=C[C@](C)(CCCO[Si](C)(C)C(C)(C)C)CC[C@H]1C. The van der Waals surface area contributed by atoms with Crippen LogP contribution in [-0.2, 0) is 14.0 Å². The first kappa shape index (κ1) is 20.4. The zero-order chi connectivity index (χ0) is 17.9. The van der Waals surface area contributed by atoms with E-state index in [1.54, 1.807) is 0 Å². The van der Waals surface area contributed by atoms with Crippen LogP contribution in [0, 0.1) is 11.3 Å². The molecule has 0 saturated heterocycles. The first-order valence-corrected chi connectivity index (χ1v) is 11.8. The van der Waals surface area contributed by atoms with Crippen molar-refractivity contribution < 1.29 is 14.0 Å². The van der Waals surface area contributed by atoms with Crippen LogP contribution in [0.15, 0.2) is 11.6 Å². The highest BCUT2D eigenvalue weighted by molar-refractivity contribution is 6.74. The fourth-order valence-corrected chi connectivity index (χ4v) is 3.97. The average Bonchev–Trinajstić information content (AvgIpc) is 2.44. The summed E-state index contributed by atoms with van der Waals surface area (Å²) in [5, 5.41) is 0.259. The minimum Gasteiger partial charge on any atom is -0.466 e. The zero-order valence-corrected chi connectivity index (χ0v) is 17.4. The van der Waals surface area contributed by atoms with E-state index in [0.717, 1.165) is 37.9 Å². The van der Waals surface area contributed by atoms with Crippen molar-refractivity contribution in [3.05, 3.63) is 11.6 Å². The van der Waals surface area contributed by atoms with Crippen molar-refractivity contribution in [3.8, 4) is 0 Å². The Labute approximate surface area is 144 Å². The zero-order valence-electron chi connectivity index (χ0n) is 16.4. The molecule has 2 atom stereocenters. The normalized spacial score (nSPS) is 25.9. The van der Waals surface area contributed by atoms with Crippen LogP contribution < -0.4 is 0 Å². The molecule has 0 saturated carbocycles. The molecule has 1 rings (SSSR count). The van der Waals surface area contributed by atoms with Gasteiger partial charge in [0.25, 0.3) is 0 Å². The first-order valence-electron chi connectivity index (χ1n) is 8.87. The van der Waals surface area contributed by atoms with E-state index in [1.807, 2.05) is 0 Å². The largest absolute Gasteiger partial charge is 0.466 e. The highest BCUT2D eigenvalue weighted by atomic mass is 28.4. The molecular weight excluding hydrogens is 304 g/mol. The maximum atomic E-state index is 11.9. The Hall–Kier alpha value is -0.613. The molecular formula is C19H36O3Si. The van der Waals surface area contributed by atoms with Crippen molar-refractivity contribution in [2.45, 2.75) is 78.4 Å². The number of hydrogen-bond donors (Lipinski definition) is 0. The van der Waals surface area contributed by atoms with E-state index >= 15 is 0 Å². The van der Waals surface area contributed by atoms with Crippen LogP contribution in [0.5, 0.6) is 0 Å². The van der Waals surface area contributed by atoms with Crippen molar-refractivity contribution in [3.63, 3.8) is 0 Å². The second-order valence-electron chi connectivity index (χ2n) is 8.90. The van der Waals surface area contributed by atoms with Crippen molar-refractivity contribution in [1.29, 1.82) is 0 Å². The van der Waals surface area contributed by atoms with Crippen LogP contribution >= 0.6 is 0 Å². The molecule has 134 valence electrons. The molecule has 0 spiro atoms. The van der Waals surface area contributed by atoms with E-state index < -0.39 is 8.32 Å². The number of methoxy groups -OCH3 is 1. The summed E-state index contributed by atoms with van der Waals surface area (Å²) in [6, 6.07) is 0. The van der Waals surface area contributed by atoms with Crippen molar-refractivity contribution >= 4 is 14.3 Å². The molecule has 0 aromatic heterocycles. The van der Waals surface area contributed by atoms with Gasteiger partial charge in [0.1, 0.15) is 0 Å². The molecule has 23 heavy (non-hydrogen) atoms. The van der Waals surface area contributed by atoms with E-state index in [0.29, 0.717) is 5.92 Å². The fraction of sp³-hybridized carbons (Fsp3) is 0.842. The van der Waals surface area contributed by atoms with Crippen LogP contribution in [0.1, 0.15) is 60.3 Å². The Balaban J connectivity index is 2.60. The Morgan fingerprint density at radius 2 is 2.00 bits per heavy atom. The quantitative estimate of drug-likeness (QED) is 0.373. The van der Waals surface area contributed by atoms with E-state index in [-0.39, 0.29) is 16.4 Å². The van der Waals surface area contributed by atoms with E-state index in [4.69, 9.17) is 9.16 Å². The Kier molecular flexibility index (Phi) is 6.68. The highest BCUT2D eigenvalue weighted by Crippen LogP contribution is 2.41. The predicted octanol–water partition coefficient (Wildman–Crippen LogP) is 5.32. The second-order valence-corrected chi connectivity index (χ2v) is 13.7. The summed E-state index contributed by atoms with van der Waals surface area (Å²) in [5.74, 6) is 0.139. The second kappa shape index (κ2) is 7.52. The highest BCUT2D eigenvalue weighted by Gasteiger charge is 2.37. The Morgan fingerprint density at radius 3 is 2.52 bits per heavy atom. The monoisotopic (exact) mass is 340 g/mol. The summed E-state index contributed by atoms with van der Waals surface area (Å²) < 4.78 is 11.2. The molecule has 4 heteroatoms. The van der Waals surface area contributed by atoms with Gasteiger partial charge in [-0.1, -0.05) is 40.7 Å². The molecule has 0 heterocycles. The van der Waals surface area contributed by atoms with Gasteiger partial charge in [0.2, 0.25) is 0 Å². The average molecular weight is 341 g/mol. The predicted molar refractivity (Wildman–Crippen MR) is 99.0 cm³/mol. The van der Waals surface area contributed by atoms with Gasteiger partial charge in [0.15, 0.2) is 8.32 Å². The molecule has 0 unspecified atom stereocenters. The van der Waals surface area contributed by atoms with E-state index in [9.17, 15) is 4.79 Å². The van der Waals surface area contributed by atoms with Gasteiger partial charge in [-0.3, -0.25) is 0 Å². The molecule has 0 amide bonds. The minimum atomic E-state index is -1.65. The van der Waals surface area contributed by atoms with Crippen molar-refractivity contribution in [1.82, 2.24) is 0 Å². The summed E-state index contributed by atoms with van der Waals surface area (Å²) in [7, 11) is -0.187. The molecule has 0 radical (unpaired) electrons. The van der Waals surface area contributed by atoms with Crippen molar-refractivity contribution in [2.75, 3.05) is 13.7 Å². The summed E-state index contributed by atoms with van der Waals surface area (Å²) in [6.45, 7) is 16.6. The lowest BCUT2D eigenvalue weighted by molar-refractivity contribution is -0.137. The number of hydrogen-bond acceptors (Lipinski definition) is 3. The van der Waals surface area contributed by atoms with E-state index in [1.165, 1.54) is 7.11 Å². The third-order valence-electron chi connectivity index (χ3n) is 5.77. The van der Waals surface area contributed by atoms with Gasteiger partial charge in [-0.2, -0.15) is 0 Å². The molecule has 0 fully saturated rings. The fourth-order valence-electron chi connectivity index (χ4n) is 2.89. The van der Waals surface area contributed by atoms with Gasteiger partial charge < -0.3 is 9.16 Å². The lowest BCUT2D eigenvalue weighted by Crippen LogP contribution is -2.41. The first-order chi connectivity index (χ1) is 10.4. The maximum Gasteiger partial charge on any atom is 0.333 e. The third kappa shape index (κ3) is 5.46. The maximum absolute atomic E-state index is 11.9. The number of allylic oxidation sites excluding steroid dienone is 1. The Morgan fingerprint density at radius 1 is 1.39 bits per heavy atom. The molecule has 0 aromatic carbocycles. The van der Waals surface area contributed by atoms with Crippen LogP contribution in [0.2, 0.25) is 18.1 Å². The molecule has 0 bridgehead atoms. The Bertz CT molecular complexity index is 448. The topological polar surface area (TPSA) is 35.5 Å². The van der Waals surface area contributed by atoms with Crippen LogP contribution in [0.4, 0.5) is 0 Å². The number of ether oxygens (including phenoxy) is 1. The van der Waals surface area contributed by atoms with Crippen molar-refractivity contribution in [2.24, 2.45) is 11.3 Å². The summed E-state index contributed by atoms with van der Waals surface area (Å²) >= 11 is 0. The van der Waals surface area contributed by atoms with Gasteiger partial charge in [-0.25, -0.2) is 4.79 Å². The van der Waals surface area contributed by atoms with E-state index in [2.05, 4.69) is 53.8 Å². The summed E-state index contributed by atoms with van der Waals surface area (Å²) in [5.41, 5.74) is 0.943. The standard InChI is InChI=1S/C19H36O3Si/c1-15-10-12-19(5,14-16(15)17(20)21-6)11-9-13-22-23(7,8)18(2,3)4/h14-15H,9-13H2,1-8H3/t15-,19-/m1/s1. The van der Waals surface area contributed by atoms with Crippen LogP contribution in [-0.4, -0.2) is 28.0 Å². The lowest BCUT2D eigenvalue weighted by Gasteiger charge is -2.37. The van der Waals surface area contributed by atoms with Gasteiger partial charge in [0, 0.05) is 12.2 Å². The summed E-state index contributed by atoms with van der Waals surface area (Å²) in [6.07, 6.45) is 6.46. The molecule has 1 aliphatic rings. The molecule has 3 nitrogen and oxygen atoms in total. The number of carbonyl (C=O) groups excluding carboxylic acids is 1. The van der Waals surface area contributed by atoms with Crippen LogP contribution in [0.25, 0.3) is 0 Å². The van der Waals surface area contributed by atoms with Gasteiger partial charge in [-0.05, 0) is 55.1 Å². The third-order valence-corrected chi connectivity index (χ3v) is 10.3. The van der Waals surface area contributed by atoms with Gasteiger partial charge >= 0.3 is 5.97 Å². The molecule has 0 aliphatic heterocycles. The number of rotatable bonds is 6.